The van der Waals surface area contributed by atoms with Crippen LogP contribution in [0.25, 0.3) is 22.7 Å². The van der Waals surface area contributed by atoms with Gasteiger partial charge in [0.1, 0.15) is 11.2 Å². The van der Waals surface area contributed by atoms with Crippen molar-refractivity contribution in [2.75, 3.05) is 5.32 Å². The van der Waals surface area contributed by atoms with Crippen molar-refractivity contribution in [2.24, 2.45) is 0 Å². The molecule has 12 heteroatoms. The zero-order chi connectivity index (χ0) is 25.6. The summed E-state index contributed by atoms with van der Waals surface area (Å²) in [7, 11) is 0. The number of nitrogens with one attached hydrogen (secondary N) is 2. The average molecular weight is 484 g/mol. The molecule has 0 bridgehead atoms. The summed E-state index contributed by atoms with van der Waals surface area (Å²) in [6, 6.07) is 12.6. The summed E-state index contributed by atoms with van der Waals surface area (Å²) >= 11 is 0. The molecule has 12 nitrogen and oxygen atoms in total. The maximum Gasteiger partial charge on any atom is 0.269 e. The fourth-order valence-corrected chi connectivity index (χ4v) is 3.82. The van der Waals surface area contributed by atoms with Gasteiger partial charge in [-0.3, -0.25) is 24.7 Å². The monoisotopic (exact) mass is 484 g/mol. The Labute approximate surface area is 203 Å². The van der Waals surface area contributed by atoms with Crippen molar-refractivity contribution in [3.63, 3.8) is 0 Å². The highest BCUT2D eigenvalue weighted by atomic mass is 16.6. The lowest BCUT2D eigenvalue weighted by Crippen LogP contribution is -2.19. The molecule has 3 aromatic heterocycles. The number of aryl methyl sites for hydroxylation is 2. The van der Waals surface area contributed by atoms with Crippen LogP contribution in [0.15, 0.2) is 59.5 Å². The maximum absolute atomic E-state index is 12.9. The maximum atomic E-state index is 12.9. The Kier molecular flexibility index (Phi) is 5.40. The van der Waals surface area contributed by atoms with Crippen LogP contribution in [-0.4, -0.2) is 40.4 Å². The third-order valence-electron chi connectivity index (χ3n) is 5.84. The predicted molar refractivity (Wildman–Crippen MR) is 132 cm³/mol. The molecule has 0 radical (unpaired) electrons. The molecule has 0 unspecified atom stereocenters. The number of nitrogens with zero attached hydrogens (tertiary/aromatic N) is 6. The number of benzene rings is 2. The molecule has 0 aliphatic heterocycles. The van der Waals surface area contributed by atoms with Crippen molar-refractivity contribution >= 4 is 28.4 Å². The van der Waals surface area contributed by atoms with Crippen LogP contribution in [0.5, 0.6) is 0 Å². The number of carbonyl (C=O) groups excluding carboxylic acids is 1. The Bertz CT molecular complexity index is 1710. The van der Waals surface area contributed by atoms with Gasteiger partial charge in [0, 0.05) is 23.8 Å². The highest BCUT2D eigenvalue weighted by Gasteiger charge is 2.18. The van der Waals surface area contributed by atoms with Crippen LogP contribution in [0.1, 0.15) is 27.2 Å². The smallest absolute Gasteiger partial charge is 0.269 e. The van der Waals surface area contributed by atoms with Crippen molar-refractivity contribution in [1.82, 2.24) is 29.5 Å². The molecule has 36 heavy (non-hydrogen) atoms. The highest BCUT2D eigenvalue weighted by molar-refractivity contribution is 6.04. The minimum absolute atomic E-state index is 0.0895. The number of H-pyrrole nitrogens is 1. The topological polar surface area (TPSA) is 154 Å². The molecule has 5 aromatic rings. The molecule has 0 spiro atoms. The van der Waals surface area contributed by atoms with Gasteiger partial charge in [-0.2, -0.15) is 19.9 Å². The molecule has 0 atom stereocenters. The van der Waals surface area contributed by atoms with Gasteiger partial charge in [-0.25, -0.2) is 4.68 Å². The van der Waals surface area contributed by atoms with Crippen LogP contribution in [0.3, 0.4) is 0 Å². The number of fused-ring (bicyclic) bond motifs is 1. The van der Waals surface area contributed by atoms with Gasteiger partial charge in [0.2, 0.25) is 5.95 Å². The van der Waals surface area contributed by atoms with Gasteiger partial charge in [0.25, 0.3) is 17.2 Å². The number of anilines is 1. The lowest BCUT2D eigenvalue weighted by Gasteiger charge is -2.11. The first-order chi connectivity index (χ1) is 17.2. The van der Waals surface area contributed by atoms with E-state index in [1.54, 1.807) is 17.7 Å². The van der Waals surface area contributed by atoms with Crippen molar-refractivity contribution in [3.05, 3.63) is 97.6 Å². The molecule has 0 saturated heterocycles. The van der Waals surface area contributed by atoms with E-state index in [4.69, 9.17) is 0 Å². The van der Waals surface area contributed by atoms with Gasteiger partial charge >= 0.3 is 0 Å². The van der Waals surface area contributed by atoms with E-state index in [0.717, 1.165) is 16.8 Å². The second kappa shape index (κ2) is 8.58. The normalized spacial score (nSPS) is 11.1. The van der Waals surface area contributed by atoms with Crippen molar-refractivity contribution < 1.29 is 9.72 Å². The summed E-state index contributed by atoms with van der Waals surface area (Å²) in [5.74, 6) is -0.155. The molecule has 3 heterocycles. The molecule has 0 aliphatic rings. The van der Waals surface area contributed by atoms with Crippen molar-refractivity contribution in [1.29, 1.82) is 0 Å². The quantitative estimate of drug-likeness (QED) is 0.286. The van der Waals surface area contributed by atoms with E-state index < -0.39 is 16.4 Å². The Morgan fingerprint density at radius 3 is 2.56 bits per heavy atom. The number of nitro benzene ring substituents is 1. The molecular formula is C24H20N8O4. The van der Waals surface area contributed by atoms with Crippen LogP contribution < -0.4 is 10.9 Å². The molecule has 0 saturated carbocycles. The van der Waals surface area contributed by atoms with E-state index in [1.807, 2.05) is 32.0 Å². The van der Waals surface area contributed by atoms with E-state index >= 15 is 0 Å². The number of carbonyl (C=O) groups is 1. The fourth-order valence-electron chi connectivity index (χ4n) is 3.82. The molecule has 5 rings (SSSR count). The van der Waals surface area contributed by atoms with Crippen LogP contribution in [-0.2, 0) is 0 Å². The number of rotatable bonds is 5. The van der Waals surface area contributed by atoms with Crippen molar-refractivity contribution in [2.45, 2.75) is 20.8 Å². The number of aromatic amines is 1. The number of hydrogen-bond acceptors (Lipinski definition) is 7. The predicted octanol–water partition coefficient (Wildman–Crippen LogP) is 3.38. The number of nitro groups is 1. The van der Waals surface area contributed by atoms with Gasteiger partial charge < -0.3 is 5.32 Å². The summed E-state index contributed by atoms with van der Waals surface area (Å²) in [5, 5.41) is 22.7. The second-order valence-corrected chi connectivity index (χ2v) is 8.24. The molecule has 2 N–H and O–H groups in total. The molecule has 1 amide bonds. The number of non-ortho nitro benzene ring substituents is 1. The van der Waals surface area contributed by atoms with Crippen LogP contribution in [0.4, 0.5) is 11.5 Å². The second-order valence-electron chi connectivity index (χ2n) is 8.24. The Balaban J connectivity index is 1.56. The van der Waals surface area contributed by atoms with Crippen LogP contribution >= 0.6 is 0 Å². The fraction of sp³-hybridized carbons (Fsp3) is 0.125. The first-order valence-electron chi connectivity index (χ1n) is 10.9. The van der Waals surface area contributed by atoms with Crippen LogP contribution in [0.2, 0.25) is 0 Å². The first kappa shape index (κ1) is 22.7. The number of amides is 1. The molecular weight excluding hydrogens is 464 g/mol. The number of aromatic nitrogens is 6. The molecule has 0 fully saturated rings. The Hall–Kier alpha value is -5.13. The molecule has 2 aromatic carbocycles. The van der Waals surface area contributed by atoms with Gasteiger partial charge in [-0.1, -0.05) is 12.1 Å². The molecule has 0 aliphatic carbocycles. The lowest BCUT2D eigenvalue weighted by atomic mass is 10.1. The van der Waals surface area contributed by atoms with E-state index in [0.29, 0.717) is 16.7 Å². The zero-order valence-corrected chi connectivity index (χ0v) is 19.5. The third-order valence-corrected chi connectivity index (χ3v) is 5.84. The summed E-state index contributed by atoms with van der Waals surface area (Å²) in [6.45, 7) is 5.69. The summed E-state index contributed by atoms with van der Waals surface area (Å²) in [6.07, 6.45) is 1.46. The Morgan fingerprint density at radius 1 is 1.08 bits per heavy atom. The van der Waals surface area contributed by atoms with E-state index in [2.05, 4.69) is 25.5 Å². The summed E-state index contributed by atoms with van der Waals surface area (Å²) < 4.78 is 2.92. The summed E-state index contributed by atoms with van der Waals surface area (Å²) in [5.41, 5.74) is 3.45. The highest BCUT2D eigenvalue weighted by Crippen LogP contribution is 2.22. The first-order valence-corrected chi connectivity index (χ1v) is 10.9. The van der Waals surface area contributed by atoms with Crippen molar-refractivity contribution in [3.8, 4) is 11.6 Å². The third kappa shape index (κ3) is 3.90. The summed E-state index contributed by atoms with van der Waals surface area (Å²) in [4.78, 5) is 43.3. The van der Waals surface area contributed by atoms with Crippen LogP contribution in [0, 0.1) is 30.9 Å². The minimum atomic E-state index is -0.540. The van der Waals surface area contributed by atoms with Gasteiger partial charge in [0.05, 0.1) is 22.5 Å². The largest absolute Gasteiger partial charge is 0.306 e. The number of hydrogen-bond donors (Lipinski definition) is 2. The van der Waals surface area contributed by atoms with E-state index in [1.165, 1.54) is 35.1 Å². The minimum Gasteiger partial charge on any atom is -0.306 e. The lowest BCUT2D eigenvalue weighted by molar-refractivity contribution is -0.384. The molecule has 180 valence electrons. The zero-order valence-electron chi connectivity index (χ0n) is 19.5. The van der Waals surface area contributed by atoms with E-state index in [-0.39, 0.29) is 23.0 Å². The van der Waals surface area contributed by atoms with Gasteiger partial charge in [-0.15, -0.1) is 0 Å². The SMILES string of the molecule is Cc1cc(NC(=O)c2ccc([N+](=O)[O-])cc2)n(-c2nc3c(cnn3-c3cccc(C)c3C)c(=O)[nH]2)n1. The van der Waals surface area contributed by atoms with Gasteiger partial charge in [-0.05, 0) is 50.1 Å². The Morgan fingerprint density at radius 2 is 1.83 bits per heavy atom. The average Bonchev–Trinajstić information content (AvgIpc) is 3.44. The van der Waals surface area contributed by atoms with E-state index in [9.17, 15) is 19.7 Å². The van der Waals surface area contributed by atoms with Gasteiger partial charge in [0.15, 0.2) is 5.65 Å². The standard InChI is InChI=1S/C24H20N8O4/c1-13-5-4-6-19(15(13)3)30-21-18(12-25-30)23(34)28-24(27-21)31-20(11-14(2)29-31)26-22(33)16-7-9-17(10-8-16)32(35)36/h4-12H,1-3H3,(H,26,33)(H,27,28,34).